The van der Waals surface area contributed by atoms with Crippen LogP contribution in [-0.4, -0.2) is 0 Å². The number of anilines is 2. The van der Waals surface area contributed by atoms with E-state index in [0.717, 1.165) is 5.69 Å². The molecule has 3 N–H and O–H groups in total. The Morgan fingerprint density at radius 2 is 1.44 bits per heavy atom. The van der Waals surface area contributed by atoms with Crippen LogP contribution in [-0.2, 0) is 0 Å². The van der Waals surface area contributed by atoms with Crippen molar-refractivity contribution in [1.82, 2.24) is 0 Å². The number of nitrogen functional groups attached to an aromatic ring is 1. The normalized spacial score (nSPS) is 8.88. The van der Waals surface area contributed by atoms with E-state index in [9.17, 15) is 0 Å². The Morgan fingerprint density at radius 3 is 1.81 bits per heavy atom. The van der Waals surface area contributed by atoms with Crippen molar-refractivity contribution in [2.45, 2.75) is 0 Å². The molecule has 0 heterocycles. The van der Waals surface area contributed by atoms with Gasteiger partial charge in [-0.2, -0.15) is 0 Å². The maximum absolute atomic E-state index is 5.58. The van der Waals surface area contributed by atoms with Crippen LogP contribution in [0.1, 0.15) is 0 Å². The van der Waals surface area contributed by atoms with Crippen molar-refractivity contribution in [3.8, 4) is 0 Å². The standard InChI is InChI=1S/2C6H6ClN/c7-8-6-4-2-1-3-5-6;7-5-3-1-2-4-6(5)8/h1-5,8H;1-4H,8H2. The first-order valence-corrected chi connectivity index (χ1v) is 5.41. The molecule has 0 aliphatic heterocycles. The van der Waals surface area contributed by atoms with Gasteiger partial charge >= 0.3 is 0 Å². The van der Waals surface area contributed by atoms with Gasteiger partial charge in [0.1, 0.15) is 0 Å². The van der Waals surface area contributed by atoms with Crippen molar-refractivity contribution in [2.24, 2.45) is 0 Å². The van der Waals surface area contributed by atoms with E-state index in [1.54, 1.807) is 12.1 Å². The molecule has 0 amide bonds. The fourth-order valence-corrected chi connectivity index (χ4v) is 1.24. The van der Waals surface area contributed by atoms with Crippen molar-refractivity contribution in [3.63, 3.8) is 0 Å². The highest BCUT2D eigenvalue weighted by molar-refractivity contribution is 6.33. The topological polar surface area (TPSA) is 38.0 Å². The summed E-state index contributed by atoms with van der Waals surface area (Å²) in [6.45, 7) is 0. The van der Waals surface area contributed by atoms with Gasteiger partial charge < -0.3 is 5.73 Å². The molecule has 4 heteroatoms. The van der Waals surface area contributed by atoms with Gasteiger partial charge in [0.2, 0.25) is 0 Å². The van der Waals surface area contributed by atoms with Gasteiger partial charge in [-0.25, -0.2) is 0 Å². The molecule has 0 saturated heterocycles. The Kier molecular flexibility index (Phi) is 5.54. The Hall–Kier alpha value is -1.38. The van der Waals surface area contributed by atoms with Gasteiger partial charge in [0.05, 0.1) is 10.7 Å². The van der Waals surface area contributed by atoms with Crippen LogP contribution in [0.25, 0.3) is 0 Å². The monoisotopic (exact) mass is 254 g/mol. The zero-order valence-electron chi connectivity index (χ0n) is 8.53. The smallest absolute Gasteiger partial charge is 0.0635 e. The van der Waals surface area contributed by atoms with Crippen LogP contribution >= 0.6 is 23.4 Å². The van der Waals surface area contributed by atoms with Gasteiger partial charge in [0, 0.05) is 17.5 Å². The second-order valence-electron chi connectivity index (χ2n) is 2.98. The van der Waals surface area contributed by atoms with E-state index in [4.69, 9.17) is 29.1 Å². The van der Waals surface area contributed by atoms with Crippen LogP contribution < -0.4 is 10.6 Å². The van der Waals surface area contributed by atoms with Crippen molar-refractivity contribution in [2.75, 3.05) is 10.6 Å². The van der Waals surface area contributed by atoms with Gasteiger partial charge in [0.15, 0.2) is 0 Å². The molecule has 0 fully saturated rings. The fraction of sp³-hybridized carbons (Fsp3) is 0. The van der Waals surface area contributed by atoms with Crippen LogP contribution in [0.15, 0.2) is 54.6 Å². The molecule has 0 unspecified atom stereocenters. The van der Waals surface area contributed by atoms with Crippen molar-refractivity contribution < 1.29 is 0 Å². The molecule has 0 saturated carbocycles. The number of nitrogens with one attached hydrogen (secondary N) is 1. The summed E-state index contributed by atoms with van der Waals surface area (Å²) in [6, 6.07) is 16.8. The predicted molar refractivity (Wildman–Crippen MR) is 71.8 cm³/mol. The third-order valence-corrected chi connectivity index (χ3v) is 2.35. The minimum absolute atomic E-state index is 0.618. The molecule has 0 aromatic heterocycles. The summed E-state index contributed by atoms with van der Waals surface area (Å²) >= 11 is 10.9. The van der Waals surface area contributed by atoms with Gasteiger partial charge in [-0.3, -0.25) is 4.84 Å². The molecule has 2 rings (SSSR count). The van der Waals surface area contributed by atoms with E-state index < -0.39 is 0 Å². The second-order valence-corrected chi connectivity index (χ2v) is 3.58. The zero-order chi connectivity index (χ0) is 11.8. The Balaban J connectivity index is 0.000000160. The van der Waals surface area contributed by atoms with Gasteiger partial charge in [-0.1, -0.05) is 41.9 Å². The lowest BCUT2D eigenvalue weighted by Crippen LogP contribution is -1.82. The van der Waals surface area contributed by atoms with Crippen LogP contribution in [0.5, 0.6) is 0 Å². The molecule has 2 aromatic carbocycles. The Labute approximate surface area is 105 Å². The molecule has 2 aromatic rings. The van der Waals surface area contributed by atoms with Crippen LogP contribution in [0, 0.1) is 0 Å². The first-order chi connectivity index (χ1) is 7.74. The second kappa shape index (κ2) is 6.99. The van der Waals surface area contributed by atoms with E-state index >= 15 is 0 Å². The lowest BCUT2D eigenvalue weighted by Gasteiger charge is -1.91. The van der Waals surface area contributed by atoms with Crippen molar-refractivity contribution >= 4 is 34.8 Å². The molecule has 0 radical (unpaired) electrons. The van der Waals surface area contributed by atoms with Crippen molar-refractivity contribution in [3.05, 3.63) is 59.6 Å². The first-order valence-electron chi connectivity index (χ1n) is 4.65. The summed E-state index contributed by atoms with van der Waals surface area (Å²) in [4.78, 5) is 2.50. The minimum atomic E-state index is 0.618. The van der Waals surface area contributed by atoms with E-state index in [2.05, 4.69) is 4.84 Å². The number of hydrogen-bond donors (Lipinski definition) is 2. The Bertz CT molecular complexity index is 397. The van der Waals surface area contributed by atoms with Crippen molar-refractivity contribution in [1.29, 1.82) is 0 Å². The number of hydrogen-bond acceptors (Lipinski definition) is 2. The summed E-state index contributed by atoms with van der Waals surface area (Å²) < 4.78 is 0. The maximum Gasteiger partial charge on any atom is 0.0635 e. The highest BCUT2D eigenvalue weighted by Gasteiger charge is 1.87. The number of halogens is 2. The molecule has 0 spiro atoms. The highest BCUT2D eigenvalue weighted by atomic mass is 35.5. The quantitative estimate of drug-likeness (QED) is 0.592. The SMILES string of the molecule is ClNc1ccccc1.Nc1ccccc1Cl. The highest BCUT2D eigenvalue weighted by Crippen LogP contribution is 2.15. The zero-order valence-corrected chi connectivity index (χ0v) is 10.0. The lowest BCUT2D eigenvalue weighted by molar-refractivity contribution is 1.68. The average Bonchev–Trinajstić information content (AvgIpc) is 2.35. The van der Waals surface area contributed by atoms with E-state index in [-0.39, 0.29) is 0 Å². The summed E-state index contributed by atoms with van der Waals surface area (Å²) in [6.07, 6.45) is 0. The molecule has 0 aliphatic rings. The Morgan fingerprint density at radius 1 is 0.875 bits per heavy atom. The fourth-order valence-electron chi connectivity index (χ4n) is 0.976. The largest absolute Gasteiger partial charge is 0.398 e. The predicted octanol–water partition coefficient (Wildman–Crippen LogP) is 4.17. The first kappa shape index (κ1) is 12.7. The molecule has 84 valence electrons. The van der Waals surface area contributed by atoms with Gasteiger partial charge in [0.25, 0.3) is 0 Å². The molecule has 16 heavy (non-hydrogen) atoms. The maximum atomic E-state index is 5.58. The molecular formula is C12H12Cl2N2. The third-order valence-electron chi connectivity index (χ3n) is 1.79. The van der Waals surface area contributed by atoms with E-state index in [0.29, 0.717) is 10.7 Å². The van der Waals surface area contributed by atoms with Crippen LogP contribution in [0.4, 0.5) is 11.4 Å². The summed E-state index contributed by atoms with van der Waals surface area (Å²) in [7, 11) is 0. The third kappa shape index (κ3) is 4.43. The summed E-state index contributed by atoms with van der Waals surface area (Å²) in [5, 5.41) is 0.618. The van der Waals surface area contributed by atoms with E-state index in [1.165, 1.54) is 0 Å². The summed E-state index contributed by atoms with van der Waals surface area (Å²) in [5.41, 5.74) is 6.95. The van der Waals surface area contributed by atoms with E-state index in [1.807, 2.05) is 42.5 Å². The minimum Gasteiger partial charge on any atom is -0.398 e. The molecule has 0 atom stereocenters. The number of benzene rings is 2. The average molecular weight is 255 g/mol. The number of nitrogens with two attached hydrogens (primary N) is 1. The summed E-state index contributed by atoms with van der Waals surface area (Å²) in [5.74, 6) is 0. The van der Waals surface area contributed by atoms with Gasteiger partial charge in [-0.05, 0) is 24.3 Å². The molecule has 0 aliphatic carbocycles. The number of para-hydroxylation sites is 2. The van der Waals surface area contributed by atoms with Crippen LogP contribution in [0.2, 0.25) is 5.02 Å². The van der Waals surface area contributed by atoms with Crippen LogP contribution in [0.3, 0.4) is 0 Å². The molecule has 2 nitrogen and oxygen atoms in total. The molecular weight excluding hydrogens is 243 g/mol. The lowest BCUT2D eigenvalue weighted by atomic mass is 10.3. The molecule has 0 bridgehead atoms. The number of rotatable bonds is 1. The van der Waals surface area contributed by atoms with Gasteiger partial charge in [-0.15, -0.1) is 0 Å².